The van der Waals surface area contributed by atoms with Crippen molar-refractivity contribution in [2.45, 2.75) is 249 Å². The first-order valence-corrected chi connectivity index (χ1v) is 38.2. The summed E-state index contributed by atoms with van der Waals surface area (Å²) >= 11 is 0. The molecule has 3 heterocycles. The van der Waals surface area contributed by atoms with Crippen LogP contribution in [0.4, 0.5) is 0 Å². The van der Waals surface area contributed by atoms with Gasteiger partial charge in [-0.15, -0.1) is 0 Å². The van der Waals surface area contributed by atoms with Gasteiger partial charge in [-0.2, -0.15) is 0 Å². The number of hydrogen-bond acceptors (Lipinski definition) is 17. The van der Waals surface area contributed by atoms with Crippen molar-refractivity contribution in [3.63, 3.8) is 0 Å². The summed E-state index contributed by atoms with van der Waals surface area (Å²) in [6.45, 7) is 34.4. The van der Waals surface area contributed by atoms with E-state index < -0.39 is 173 Å². The zero-order valence-corrected chi connectivity index (χ0v) is 68.0. The molecule has 14 atom stereocenters. The molecule has 104 heavy (non-hydrogen) atoms. The Balaban J connectivity index is 2.35. The van der Waals surface area contributed by atoms with Crippen molar-refractivity contribution in [2.24, 2.45) is 59.2 Å². The first-order valence-electron chi connectivity index (χ1n) is 38.2. The number of nitrogens with one attached hydrogen (secondary N) is 1. The van der Waals surface area contributed by atoms with Gasteiger partial charge in [-0.25, -0.2) is 0 Å². The lowest BCUT2D eigenvalue weighted by atomic mass is 9.83. The van der Waals surface area contributed by atoms with E-state index in [2.05, 4.69) is 10.2 Å². The summed E-state index contributed by atoms with van der Waals surface area (Å²) in [5.41, 5.74) is 0. The van der Waals surface area contributed by atoms with Gasteiger partial charge in [0.15, 0.2) is 11.6 Å². The monoisotopic (exact) mass is 1470 g/mol. The summed E-state index contributed by atoms with van der Waals surface area (Å²) in [7, 11) is 10.1. The molecule has 0 bridgehead atoms. The highest BCUT2D eigenvalue weighted by Gasteiger charge is 2.48. The van der Waals surface area contributed by atoms with Crippen LogP contribution in [0.5, 0.6) is 0 Å². The van der Waals surface area contributed by atoms with E-state index >= 15 is 38.4 Å². The van der Waals surface area contributed by atoms with Crippen molar-refractivity contribution >= 4 is 76.5 Å². The third-order valence-corrected chi connectivity index (χ3v) is 21.5. The Bertz CT molecular complexity index is 2940. The average molecular weight is 1470 g/mol. The summed E-state index contributed by atoms with van der Waals surface area (Å²) in [6.07, 6.45) is 3.89. The molecule has 0 unspecified atom stereocenters. The van der Waals surface area contributed by atoms with E-state index in [1.54, 1.807) is 80.2 Å². The van der Waals surface area contributed by atoms with Crippen LogP contribution in [0, 0.1) is 59.2 Å². The minimum absolute atomic E-state index is 0.0432. The molecule has 0 saturated carbocycles. The Hall–Kier alpha value is -6.67. The Morgan fingerprint density at radius 3 is 1.53 bits per heavy atom. The maximum atomic E-state index is 15.6. The van der Waals surface area contributed by atoms with Crippen LogP contribution in [-0.2, 0) is 76.5 Å². The number of amides is 9. The zero-order valence-electron chi connectivity index (χ0n) is 68.0. The second kappa shape index (κ2) is 42.6. The van der Waals surface area contributed by atoms with Crippen molar-refractivity contribution in [1.29, 1.82) is 0 Å². The molecule has 3 rings (SSSR count). The number of rotatable bonds is 20. The van der Waals surface area contributed by atoms with E-state index in [0.717, 1.165) is 22.6 Å². The van der Waals surface area contributed by atoms with Gasteiger partial charge in [0, 0.05) is 145 Å². The summed E-state index contributed by atoms with van der Waals surface area (Å²) in [5.74, 6) is -13.6. The number of piperazine rings is 1. The van der Waals surface area contributed by atoms with Crippen LogP contribution in [0.15, 0.2) is 12.2 Å². The number of likely N-dealkylation sites (N-methyl/N-ethyl adjacent to an activating group) is 7. The molecule has 592 valence electrons. The molecule has 0 aliphatic carbocycles. The molecule has 0 spiro atoms. The molecule has 26 nitrogen and oxygen atoms in total. The summed E-state index contributed by atoms with van der Waals surface area (Å²) in [6, 6.07) is -9.91. The number of ether oxygens (including phenoxy) is 3. The number of ketones is 3. The molecular weight excluding hydrogens is 1330 g/mol. The molecule has 3 aliphatic rings. The SMILES string of the molecule is C/C=C/C[C@@H](C)[C@@H](OC(C)=O)[C@H]1C(=O)N[C@@H](CC)C(=O)N(C)[C@H](C)C(=O)N(C)[C@@H]([C@H](C)COCC(=O)N2CCN(C3CCOCC3)CC2)C(=O)C[C@@H](C(C)C)C(=O)N(C)[C@@H](CC(C)C)C(=O)C[C@@H](C)C(=O)C[C@H](C)C(=O)N(C)[C@@H](CC(C)C)C(=O)N(C)[C@@H](CC(C)C)C(=O)N(C)[C@@H](C(C)C)C(=O)N1C. The van der Waals surface area contributed by atoms with Crippen LogP contribution in [0.3, 0.4) is 0 Å². The van der Waals surface area contributed by atoms with Gasteiger partial charge in [0.25, 0.3) is 0 Å². The number of carbonyl (C=O) groups excluding carboxylic acids is 13. The van der Waals surface area contributed by atoms with E-state index in [4.69, 9.17) is 14.2 Å². The van der Waals surface area contributed by atoms with Crippen LogP contribution in [-0.4, -0.2) is 283 Å². The van der Waals surface area contributed by atoms with Crippen molar-refractivity contribution in [1.82, 2.24) is 49.4 Å². The largest absolute Gasteiger partial charge is 0.459 e. The van der Waals surface area contributed by atoms with Crippen LogP contribution >= 0.6 is 0 Å². The molecular formula is C78H134N10O16. The van der Waals surface area contributed by atoms with Crippen molar-refractivity contribution in [2.75, 3.05) is 102 Å². The summed E-state index contributed by atoms with van der Waals surface area (Å²) < 4.78 is 17.7. The Morgan fingerprint density at radius 2 is 1.03 bits per heavy atom. The lowest BCUT2D eigenvalue weighted by Gasteiger charge is -2.42. The molecule has 0 aromatic carbocycles. The van der Waals surface area contributed by atoms with E-state index in [-0.39, 0.29) is 81.8 Å². The van der Waals surface area contributed by atoms with Crippen LogP contribution in [0.1, 0.15) is 189 Å². The van der Waals surface area contributed by atoms with E-state index in [9.17, 15) is 24.0 Å². The maximum Gasteiger partial charge on any atom is 0.303 e. The number of nitrogens with zero attached hydrogens (tertiary/aromatic N) is 9. The number of Topliss-reactive ketones (excluding diaryl/α,β-unsaturated/α-hetero) is 3. The highest BCUT2D eigenvalue weighted by atomic mass is 16.5. The molecule has 0 aromatic heterocycles. The predicted molar refractivity (Wildman–Crippen MR) is 399 cm³/mol. The van der Waals surface area contributed by atoms with E-state index in [1.165, 1.54) is 87.7 Å². The van der Waals surface area contributed by atoms with Gasteiger partial charge in [0.2, 0.25) is 53.2 Å². The highest BCUT2D eigenvalue weighted by Crippen LogP contribution is 2.31. The van der Waals surface area contributed by atoms with Gasteiger partial charge in [-0.05, 0) is 94.3 Å². The highest BCUT2D eigenvalue weighted by molar-refractivity contribution is 6.00. The molecule has 3 fully saturated rings. The number of carbonyl (C=O) groups is 13. The average Bonchev–Trinajstić information content (AvgIpc) is 0.796. The van der Waals surface area contributed by atoms with Crippen LogP contribution in [0.25, 0.3) is 0 Å². The van der Waals surface area contributed by atoms with Gasteiger partial charge >= 0.3 is 5.97 Å². The fraction of sp³-hybridized carbons (Fsp3) is 0.808. The smallest absolute Gasteiger partial charge is 0.303 e. The lowest BCUT2D eigenvalue weighted by Crippen LogP contribution is -2.64. The maximum absolute atomic E-state index is 15.6. The Kier molecular flexibility index (Phi) is 37.5. The van der Waals surface area contributed by atoms with Crippen LogP contribution < -0.4 is 5.32 Å². The standard InChI is InChI=1S/C78H134N10O16/c1-26-28-29-51(13)70(104-56(18)89)69-71(94)79-59(27-2)75(98)80(19)55(17)73(96)85(24)68(54(16)44-103-45-66(93)88-34-32-87(33-35-88)57-30-36-102-37-31-57)65(92)43-58(49(9)10)74(97)81(20)60(38-46(3)4)64(91)41-52(14)63(90)42-53(15)72(95)82(21)61(39-47(5)6)76(99)83(22)62(40-48(7)8)77(100)84(23)67(50(11)12)78(101)86(69)25/h26,28,46-55,57-62,67-70H,27,29-45H2,1-25H3,(H,79,94)/b28-26+/t51-,52-,53+,54-,55-,58+,59+,60+,61+,62+,67+,68+,69+,70-/m1/s1. The normalized spacial score (nSPS) is 27.4. The molecule has 0 aromatic rings. The molecule has 1 N–H and O–H groups in total. The molecule has 9 amide bonds. The van der Waals surface area contributed by atoms with Gasteiger partial charge in [-0.3, -0.25) is 67.2 Å². The van der Waals surface area contributed by atoms with Gasteiger partial charge in [0.1, 0.15) is 54.7 Å². The molecule has 26 heteroatoms. The third kappa shape index (κ3) is 25.2. The summed E-state index contributed by atoms with van der Waals surface area (Å²) in [5, 5.41) is 2.84. The zero-order chi connectivity index (χ0) is 79.2. The van der Waals surface area contributed by atoms with Crippen LogP contribution in [0.2, 0.25) is 0 Å². The van der Waals surface area contributed by atoms with E-state index in [0.29, 0.717) is 45.4 Å². The van der Waals surface area contributed by atoms with Gasteiger partial charge in [0.05, 0.1) is 18.7 Å². The minimum Gasteiger partial charge on any atom is -0.459 e. The Labute approximate surface area is 622 Å². The fourth-order valence-corrected chi connectivity index (χ4v) is 14.9. The Morgan fingerprint density at radius 1 is 0.538 bits per heavy atom. The molecule has 3 aliphatic heterocycles. The second-order valence-electron chi connectivity index (χ2n) is 32.1. The summed E-state index contributed by atoms with van der Waals surface area (Å²) in [4.78, 5) is 206. The number of esters is 1. The minimum atomic E-state index is -1.64. The van der Waals surface area contributed by atoms with Gasteiger partial charge < -0.3 is 58.7 Å². The first-order chi connectivity index (χ1) is 48.5. The number of hydrogen-bond donors (Lipinski definition) is 1. The number of allylic oxidation sites excluding steroid dienone is 2. The molecule has 0 radical (unpaired) electrons. The first kappa shape index (κ1) is 91.5. The molecule has 3 saturated heterocycles. The quantitative estimate of drug-likeness (QED) is 0.101. The predicted octanol–water partition coefficient (Wildman–Crippen LogP) is 6.43. The fourth-order valence-electron chi connectivity index (χ4n) is 14.9. The third-order valence-electron chi connectivity index (χ3n) is 21.5. The van der Waals surface area contributed by atoms with E-state index in [1.807, 2.05) is 47.6 Å². The van der Waals surface area contributed by atoms with Crippen molar-refractivity contribution in [3.8, 4) is 0 Å². The topological polar surface area (TPSA) is 291 Å². The van der Waals surface area contributed by atoms with Crippen molar-refractivity contribution in [3.05, 3.63) is 12.2 Å². The van der Waals surface area contributed by atoms with Crippen molar-refractivity contribution < 1.29 is 76.5 Å². The van der Waals surface area contributed by atoms with Gasteiger partial charge in [-0.1, -0.05) is 116 Å². The second-order valence-corrected chi connectivity index (χ2v) is 32.1. The lowest BCUT2D eigenvalue weighted by molar-refractivity contribution is -0.164.